The largest absolute Gasteiger partial charge is 0.278 e. The number of benzene rings is 1. The second-order valence-electron chi connectivity index (χ2n) is 3.80. The Balaban J connectivity index is 2.40. The fourth-order valence-corrected chi connectivity index (χ4v) is 4.02. The molecular weight excluding hydrogens is 292 g/mol. The molecule has 2 aromatic rings. The number of hydrogen-bond acceptors (Lipinski definition) is 4. The first kappa shape index (κ1) is 13.3. The van der Waals surface area contributed by atoms with Gasteiger partial charge in [0.05, 0.1) is 11.9 Å². The molecule has 0 saturated carbocycles. The Morgan fingerprint density at radius 1 is 1.28 bits per heavy atom. The number of sulfonamides is 1. The van der Waals surface area contributed by atoms with Crippen molar-refractivity contribution in [2.45, 2.75) is 18.1 Å². The van der Waals surface area contributed by atoms with Gasteiger partial charge in [0.25, 0.3) is 10.0 Å². The van der Waals surface area contributed by atoms with Crippen molar-refractivity contribution >= 4 is 38.6 Å². The Morgan fingerprint density at radius 3 is 2.39 bits per heavy atom. The first-order valence-corrected chi connectivity index (χ1v) is 7.78. The summed E-state index contributed by atoms with van der Waals surface area (Å²) in [6.45, 7) is 3.70. The summed E-state index contributed by atoms with van der Waals surface area (Å²) in [7, 11) is -3.62. The van der Waals surface area contributed by atoms with Gasteiger partial charge in [0.2, 0.25) is 0 Å². The van der Waals surface area contributed by atoms with E-state index in [9.17, 15) is 8.42 Å². The Labute approximate surface area is 115 Å². The molecule has 1 N–H and O–H groups in total. The van der Waals surface area contributed by atoms with E-state index in [1.165, 1.54) is 6.20 Å². The molecule has 0 bridgehead atoms. The summed E-state index contributed by atoms with van der Waals surface area (Å²) >= 11 is 6.58. The van der Waals surface area contributed by atoms with E-state index in [1.54, 1.807) is 0 Å². The molecule has 7 heteroatoms. The molecule has 4 nitrogen and oxygen atoms in total. The molecule has 0 amide bonds. The first-order chi connectivity index (χ1) is 8.40. The third-order valence-electron chi connectivity index (χ3n) is 2.44. The van der Waals surface area contributed by atoms with Crippen molar-refractivity contribution in [3.05, 3.63) is 40.0 Å². The van der Waals surface area contributed by atoms with Crippen LogP contribution in [0.2, 0.25) is 4.47 Å². The number of nitrogens with one attached hydrogen (secondary N) is 1. The molecule has 0 aliphatic rings. The van der Waals surface area contributed by atoms with Crippen LogP contribution in [-0.4, -0.2) is 13.4 Å². The second-order valence-corrected chi connectivity index (χ2v) is 7.33. The van der Waals surface area contributed by atoms with Crippen LogP contribution in [0.4, 0.5) is 5.69 Å². The molecule has 1 aromatic heterocycles. The number of aromatic nitrogens is 1. The molecule has 0 aliphatic carbocycles. The van der Waals surface area contributed by atoms with Crippen LogP contribution in [0, 0.1) is 13.8 Å². The van der Waals surface area contributed by atoms with Crippen LogP contribution >= 0.6 is 22.9 Å². The number of hydrogen-bond donors (Lipinski definition) is 1. The van der Waals surface area contributed by atoms with Gasteiger partial charge in [-0.25, -0.2) is 13.4 Å². The number of thiazole rings is 1. The van der Waals surface area contributed by atoms with Gasteiger partial charge in [-0.15, -0.1) is 0 Å². The number of rotatable bonds is 3. The van der Waals surface area contributed by atoms with Gasteiger partial charge in [-0.1, -0.05) is 41.1 Å². The fourth-order valence-electron chi connectivity index (χ4n) is 1.52. The topological polar surface area (TPSA) is 59.1 Å². The zero-order valence-electron chi connectivity index (χ0n) is 9.77. The van der Waals surface area contributed by atoms with Gasteiger partial charge in [-0.05, 0) is 25.0 Å². The predicted molar refractivity (Wildman–Crippen MR) is 73.8 cm³/mol. The van der Waals surface area contributed by atoms with Gasteiger partial charge >= 0.3 is 0 Å². The SMILES string of the molecule is Cc1cccc(C)c1NS(=O)(=O)c1cnc(Cl)s1. The average Bonchev–Trinajstić information content (AvgIpc) is 2.71. The third-order valence-corrected chi connectivity index (χ3v) is 5.36. The van der Waals surface area contributed by atoms with Crippen LogP contribution in [0.25, 0.3) is 0 Å². The monoisotopic (exact) mass is 302 g/mol. The molecule has 1 aromatic carbocycles. The molecule has 0 atom stereocenters. The number of nitrogens with zero attached hydrogens (tertiary/aromatic N) is 1. The molecule has 0 unspecified atom stereocenters. The first-order valence-electron chi connectivity index (χ1n) is 5.10. The van der Waals surface area contributed by atoms with Gasteiger partial charge in [0, 0.05) is 0 Å². The highest BCUT2D eigenvalue weighted by Crippen LogP contribution is 2.27. The maximum Gasteiger partial charge on any atom is 0.273 e. The Bertz CT molecular complexity index is 660. The maximum absolute atomic E-state index is 12.1. The summed E-state index contributed by atoms with van der Waals surface area (Å²) in [6, 6.07) is 5.58. The van der Waals surface area contributed by atoms with Crippen LogP contribution in [0.15, 0.2) is 28.6 Å². The lowest BCUT2D eigenvalue weighted by atomic mass is 10.1. The highest BCUT2D eigenvalue weighted by atomic mass is 35.5. The molecule has 2 rings (SSSR count). The van der Waals surface area contributed by atoms with E-state index in [1.807, 2.05) is 32.0 Å². The normalized spacial score (nSPS) is 11.5. The van der Waals surface area contributed by atoms with Crippen molar-refractivity contribution < 1.29 is 8.42 Å². The summed E-state index contributed by atoms with van der Waals surface area (Å²) in [5.41, 5.74) is 2.34. The van der Waals surface area contributed by atoms with E-state index >= 15 is 0 Å². The Kier molecular flexibility index (Phi) is 3.61. The molecule has 18 heavy (non-hydrogen) atoms. The number of halogens is 1. The van der Waals surface area contributed by atoms with E-state index in [2.05, 4.69) is 9.71 Å². The molecule has 0 aliphatic heterocycles. The summed E-state index contributed by atoms with van der Waals surface area (Å²) in [6.07, 6.45) is 1.25. The van der Waals surface area contributed by atoms with Crippen molar-refractivity contribution in [2.24, 2.45) is 0 Å². The standard InChI is InChI=1S/C11H11ClN2O2S2/c1-7-4-3-5-8(2)10(7)14-18(15,16)9-6-13-11(12)17-9/h3-6,14H,1-2H3. The van der Waals surface area contributed by atoms with Crippen molar-refractivity contribution in [3.63, 3.8) is 0 Å². The predicted octanol–water partition coefficient (Wildman–Crippen LogP) is 3.21. The van der Waals surface area contributed by atoms with Crippen LogP contribution in [0.1, 0.15) is 11.1 Å². The second kappa shape index (κ2) is 4.87. The summed E-state index contributed by atoms with van der Waals surface area (Å²) in [5, 5.41) is 0. The minimum atomic E-state index is -3.62. The Hall–Kier alpha value is -1.11. The average molecular weight is 303 g/mol. The zero-order chi connectivity index (χ0) is 13.3. The van der Waals surface area contributed by atoms with Crippen LogP contribution in [0.5, 0.6) is 0 Å². The van der Waals surface area contributed by atoms with Crippen LogP contribution < -0.4 is 4.72 Å². The number of aryl methyl sites for hydroxylation is 2. The van der Waals surface area contributed by atoms with Crippen molar-refractivity contribution in [2.75, 3.05) is 4.72 Å². The van der Waals surface area contributed by atoms with E-state index in [0.717, 1.165) is 22.5 Å². The summed E-state index contributed by atoms with van der Waals surface area (Å²) < 4.78 is 27.1. The molecule has 1 heterocycles. The van der Waals surface area contributed by atoms with Gasteiger partial charge in [-0.3, -0.25) is 4.72 Å². The number of anilines is 1. The van der Waals surface area contributed by atoms with Crippen molar-refractivity contribution in [3.8, 4) is 0 Å². The lowest BCUT2D eigenvalue weighted by Gasteiger charge is -2.11. The lowest BCUT2D eigenvalue weighted by molar-refractivity contribution is 0.603. The van der Waals surface area contributed by atoms with E-state index in [4.69, 9.17) is 11.6 Å². The molecule has 0 fully saturated rings. The maximum atomic E-state index is 12.1. The fraction of sp³-hybridized carbons (Fsp3) is 0.182. The van der Waals surface area contributed by atoms with Crippen LogP contribution in [-0.2, 0) is 10.0 Å². The van der Waals surface area contributed by atoms with E-state index in [-0.39, 0.29) is 8.68 Å². The molecule has 96 valence electrons. The van der Waals surface area contributed by atoms with Gasteiger partial charge in [0.1, 0.15) is 0 Å². The quantitative estimate of drug-likeness (QED) is 0.947. The zero-order valence-corrected chi connectivity index (χ0v) is 12.2. The van der Waals surface area contributed by atoms with Gasteiger partial charge < -0.3 is 0 Å². The minimum Gasteiger partial charge on any atom is -0.278 e. The molecule has 0 saturated heterocycles. The summed E-state index contributed by atoms with van der Waals surface area (Å²) in [4.78, 5) is 3.73. The molecule has 0 spiro atoms. The van der Waals surface area contributed by atoms with Crippen molar-refractivity contribution in [1.82, 2.24) is 4.98 Å². The van der Waals surface area contributed by atoms with Crippen molar-refractivity contribution in [1.29, 1.82) is 0 Å². The Morgan fingerprint density at radius 2 is 1.89 bits per heavy atom. The van der Waals surface area contributed by atoms with E-state index < -0.39 is 10.0 Å². The summed E-state index contributed by atoms with van der Waals surface area (Å²) in [5.74, 6) is 0. The minimum absolute atomic E-state index is 0.107. The lowest BCUT2D eigenvalue weighted by Crippen LogP contribution is -2.13. The van der Waals surface area contributed by atoms with Crippen LogP contribution in [0.3, 0.4) is 0 Å². The molecular formula is C11H11ClN2O2S2. The highest BCUT2D eigenvalue weighted by molar-refractivity contribution is 7.94. The smallest absolute Gasteiger partial charge is 0.273 e. The van der Waals surface area contributed by atoms with E-state index in [0.29, 0.717) is 5.69 Å². The third kappa shape index (κ3) is 2.66. The van der Waals surface area contributed by atoms with Gasteiger partial charge in [0.15, 0.2) is 8.68 Å². The number of para-hydroxylation sites is 1. The highest BCUT2D eigenvalue weighted by Gasteiger charge is 2.19. The van der Waals surface area contributed by atoms with Gasteiger partial charge in [-0.2, -0.15) is 0 Å². The molecule has 0 radical (unpaired) electrons.